The molecule has 1 aliphatic heterocycles. The fraction of sp³-hybridized carbons (Fsp3) is 0.714. The van der Waals surface area contributed by atoms with Crippen LogP contribution in [-0.2, 0) is 25.2 Å². The summed E-state index contributed by atoms with van der Waals surface area (Å²) in [6.07, 6.45) is -1.21. The lowest BCUT2D eigenvalue weighted by Gasteiger charge is -2.39. The van der Waals surface area contributed by atoms with Gasteiger partial charge in [0.2, 0.25) is 0 Å². The number of methoxy groups -OCH3 is 1. The number of ether oxygens (including phenoxy) is 4. The van der Waals surface area contributed by atoms with E-state index in [0.717, 1.165) is 11.3 Å². The SMILES string of the molecule is COc1ccc(COCC[C@@H]2OC(C)(C)O[C@@H]2C(O)C#C[C@@H](C)[C@H](C)O[Si](C)(C)C(C)(C)C)cc1. The molecule has 0 amide bonds. The van der Waals surface area contributed by atoms with Crippen molar-refractivity contribution >= 4 is 8.32 Å². The summed E-state index contributed by atoms with van der Waals surface area (Å²) in [5.41, 5.74) is 1.07. The van der Waals surface area contributed by atoms with Gasteiger partial charge in [0, 0.05) is 12.5 Å². The fourth-order valence-corrected chi connectivity index (χ4v) is 5.11. The number of hydrogen-bond acceptors (Lipinski definition) is 6. The van der Waals surface area contributed by atoms with Gasteiger partial charge in [0.1, 0.15) is 18.0 Å². The first-order valence-electron chi connectivity index (χ1n) is 12.6. The lowest BCUT2D eigenvalue weighted by Crippen LogP contribution is -2.44. The number of aliphatic hydroxyl groups is 1. The Morgan fingerprint density at radius 1 is 1.09 bits per heavy atom. The summed E-state index contributed by atoms with van der Waals surface area (Å²) in [6.45, 7) is 20.0. The van der Waals surface area contributed by atoms with Crippen molar-refractivity contribution in [2.45, 2.75) is 110 Å². The van der Waals surface area contributed by atoms with Gasteiger partial charge in [0.25, 0.3) is 0 Å². The number of benzene rings is 1. The molecule has 0 saturated carbocycles. The van der Waals surface area contributed by atoms with Gasteiger partial charge in [-0.1, -0.05) is 44.7 Å². The highest BCUT2D eigenvalue weighted by atomic mass is 28.4. The lowest BCUT2D eigenvalue weighted by atomic mass is 10.0. The van der Waals surface area contributed by atoms with Crippen LogP contribution in [0.5, 0.6) is 5.75 Å². The van der Waals surface area contributed by atoms with Crippen LogP contribution in [0.2, 0.25) is 18.1 Å². The summed E-state index contributed by atoms with van der Waals surface area (Å²) in [5, 5.41) is 11.0. The van der Waals surface area contributed by atoms with Gasteiger partial charge in [-0.25, -0.2) is 0 Å². The van der Waals surface area contributed by atoms with Gasteiger partial charge in [-0.3, -0.25) is 0 Å². The topological polar surface area (TPSA) is 66.4 Å². The van der Waals surface area contributed by atoms with Gasteiger partial charge in [-0.05, 0) is 69.9 Å². The summed E-state index contributed by atoms with van der Waals surface area (Å²) in [4.78, 5) is 0. The maximum atomic E-state index is 10.9. The van der Waals surface area contributed by atoms with E-state index in [0.29, 0.717) is 19.6 Å². The molecule has 2 rings (SSSR count). The van der Waals surface area contributed by atoms with Crippen molar-refractivity contribution in [3.8, 4) is 17.6 Å². The van der Waals surface area contributed by atoms with E-state index in [2.05, 4.69) is 52.6 Å². The zero-order valence-corrected chi connectivity index (χ0v) is 24.3. The molecule has 0 radical (unpaired) electrons. The molecule has 1 heterocycles. The Balaban J connectivity index is 1.92. The zero-order chi connectivity index (χ0) is 26.4. The Hall–Kier alpha value is -1.40. The first kappa shape index (κ1) is 29.8. The van der Waals surface area contributed by atoms with Gasteiger partial charge in [-0.2, -0.15) is 0 Å². The van der Waals surface area contributed by atoms with Crippen molar-refractivity contribution < 1.29 is 28.5 Å². The Labute approximate surface area is 213 Å². The molecule has 1 fully saturated rings. The Morgan fingerprint density at radius 3 is 2.29 bits per heavy atom. The van der Waals surface area contributed by atoms with Gasteiger partial charge in [-0.15, -0.1) is 0 Å². The maximum absolute atomic E-state index is 10.9. The number of hydrogen-bond donors (Lipinski definition) is 1. The molecule has 5 atom stereocenters. The summed E-state index contributed by atoms with van der Waals surface area (Å²) < 4.78 is 29.6. The third-order valence-electron chi connectivity index (χ3n) is 6.96. The Morgan fingerprint density at radius 2 is 1.71 bits per heavy atom. The van der Waals surface area contributed by atoms with Crippen LogP contribution in [0, 0.1) is 17.8 Å². The molecule has 0 spiro atoms. The van der Waals surface area contributed by atoms with Crippen molar-refractivity contribution in [2.24, 2.45) is 5.92 Å². The standard InChI is InChI=1S/C28H46O6Si/c1-20(21(2)34-35(9,10)27(3,4)5)11-16-24(29)26-25(32-28(6,7)33-26)17-18-31-19-22-12-14-23(30-8)15-13-22/h12-15,20-21,24-26,29H,17-19H2,1-10H3/t20-,21+,24?,25+,26-/m1/s1. The molecule has 1 aromatic rings. The van der Waals surface area contributed by atoms with Crippen LogP contribution in [0.25, 0.3) is 0 Å². The maximum Gasteiger partial charge on any atom is 0.192 e. The number of rotatable bonds is 10. The smallest absolute Gasteiger partial charge is 0.192 e. The van der Waals surface area contributed by atoms with E-state index in [1.54, 1.807) is 7.11 Å². The Bertz CT molecular complexity index is 849. The summed E-state index contributed by atoms with van der Waals surface area (Å²) in [5.74, 6) is 6.23. The molecule has 6 nitrogen and oxygen atoms in total. The number of aliphatic hydroxyl groups excluding tert-OH is 1. The molecule has 35 heavy (non-hydrogen) atoms. The summed E-state index contributed by atoms with van der Waals surface area (Å²) in [7, 11) is -0.237. The van der Waals surface area contributed by atoms with Crippen LogP contribution in [-0.4, -0.2) is 57.3 Å². The van der Waals surface area contributed by atoms with Crippen LogP contribution in [0.4, 0.5) is 0 Å². The van der Waals surface area contributed by atoms with E-state index in [4.69, 9.17) is 23.4 Å². The normalized spacial score (nSPS) is 22.7. The van der Waals surface area contributed by atoms with E-state index in [9.17, 15) is 5.11 Å². The third-order valence-corrected chi connectivity index (χ3v) is 11.5. The molecule has 198 valence electrons. The molecule has 1 aromatic carbocycles. The molecule has 1 N–H and O–H groups in total. The second-order valence-corrected chi connectivity index (χ2v) is 16.2. The van der Waals surface area contributed by atoms with E-state index in [-0.39, 0.29) is 23.2 Å². The van der Waals surface area contributed by atoms with E-state index < -0.39 is 26.3 Å². The van der Waals surface area contributed by atoms with Gasteiger partial charge >= 0.3 is 0 Å². The molecule has 1 unspecified atom stereocenters. The fourth-order valence-electron chi connectivity index (χ4n) is 3.63. The molecule has 0 aliphatic carbocycles. The third kappa shape index (κ3) is 8.89. The van der Waals surface area contributed by atoms with Crippen LogP contribution >= 0.6 is 0 Å². The van der Waals surface area contributed by atoms with E-state index >= 15 is 0 Å². The molecular formula is C28H46O6Si. The molecule has 1 aliphatic rings. The minimum absolute atomic E-state index is 0.0135. The molecule has 1 saturated heterocycles. The highest BCUT2D eigenvalue weighted by molar-refractivity contribution is 6.74. The van der Waals surface area contributed by atoms with Crippen LogP contribution in [0.3, 0.4) is 0 Å². The average molecular weight is 507 g/mol. The van der Waals surface area contributed by atoms with E-state index in [1.807, 2.05) is 45.0 Å². The first-order chi connectivity index (χ1) is 16.1. The average Bonchev–Trinajstić information content (AvgIpc) is 3.08. The van der Waals surface area contributed by atoms with E-state index in [1.165, 1.54) is 0 Å². The molecule has 0 bridgehead atoms. The van der Waals surface area contributed by atoms with Crippen molar-refractivity contribution in [3.63, 3.8) is 0 Å². The second kappa shape index (κ2) is 12.2. The summed E-state index contributed by atoms with van der Waals surface area (Å²) >= 11 is 0. The molecule has 0 aromatic heterocycles. The minimum Gasteiger partial charge on any atom is -0.497 e. The monoisotopic (exact) mass is 506 g/mol. The lowest BCUT2D eigenvalue weighted by molar-refractivity contribution is -0.153. The van der Waals surface area contributed by atoms with Gasteiger partial charge in [0.05, 0.1) is 25.9 Å². The van der Waals surface area contributed by atoms with Gasteiger partial charge < -0.3 is 28.5 Å². The predicted molar refractivity (Wildman–Crippen MR) is 142 cm³/mol. The van der Waals surface area contributed by atoms with Crippen LogP contribution in [0.1, 0.15) is 60.5 Å². The van der Waals surface area contributed by atoms with Crippen molar-refractivity contribution in [1.29, 1.82) is 0 Å². The van der Waals surface area contributed by atoms with Crippen molar-refractivity contribution in [1.82, 2.24) is 0 Å². The zero-order valence-electron chi connectivity index (χ0n) is 23.3. The molecular weight excluding hydrogens is 460 g/mol. The highest BCUT2D eigenvalue weighted by Crippen LogP contribution is 2.38. The van der Waals surface area contributed by atoms with Crippen molar-refractivity contribution in [2.75, 3.05) is 13.7 Å². The molecule has 7 heteroatoms. The van der Waals surface area contributed by atoms with Crippen molar-refractivity contribution in [3.05, 3.63) is 29.8 Å². The van der Waals surface area contributed by atoms with Crippen LogP contribution in [0.15, 0.2) is 24.3 Å². The van der Waals surface area contributed by atoms with Crippen LogP contribution < -0.4 is 4.74 Å². The quantitative estimate of drug-likeness (QED) is 0.256. The largest absolute Gasteiger partial charge is 0.497 e. The highest BCUT2D eigenvalue weighted by Gasteiger charge is 2.44. The first-order valence-corrected chi connectivity index (χ1v) is 15.5. The van der Waals surface area contributed by atoms with Gasteiger partial charge in [0.15, 0.2) is 14.1 Å². The second-order valence-electron chi connectivity index (χ2n) is 11.4. The summed E-state index contributed by atoms with van der Waals surface area (Å²) in [6, 6.07) is 7.80. The minimum atomic E-state index is -1.89. The predicted octanol–water partition coefficient (Wildman–Crippen LogP) is 5.53. The Kier molecular flexibility index (Phi) is 10.4.